The summed E-state index contributed by atoms with van der Waals surface area (Å²) >= 11 is 0. The molecule has 0 saturated heterocycles. The number of benzene rings is 2. The Balaban J connectivity index is 1.62. The van der Waals surface area contributed by atoms with Crippen molar-refractivity contribution in [3.05, 3.63) is 71.9 Å². The summed E-state index contributed by atoms with van der Waals surface area (Å²) in [6.07, 6.45) is 3.84. The Labute approximate surface area is 182 Å². The first-order valence-corrected chi connectivity index (χ1v) is 10.7. The van der Waals surface area contributed by atoms with E-state index in [1.54, 1.807) is 0 Å². The van der Waals surface area contributed by atoms with Gasteiger partial charge >= 0.3 is 6.09 Å². The Kier molecular flexibility index (Phi) is 8.48. The first kappa shape index (κ1) is 22.4. The van der Waals surface area contributed by atoms with Gasteiger partial charge in [-0.3, -0.25) is 4.79 Å². The van der Waals surface area contributed by atoms with Crippen LogP contribution in [0.1, 0.15) is 24.0 Å². The number of hydrogen-bond donors (Lipinski definition) is 4. The summed E-state index contributed by atoms with van der Waals surface area (Å²) in [5.74, 6) is -0.236. The summed E-state index contributed by atoms with van der Waals surface area (Å²) in [6.45, 7) is 1.32. The molecule has 0 aliphatic rings. The lowest BCUT2D eigenvalue weighted by Gasteiger charge is -2.18. The normalized spacial score (nSPS) is 11.8. The van der Waals surface area contributed by atoms with E-state index in [0.29, 0.717) is 25.9 Å². The van der Waals surface area contributed by atoms with Gasteiger partial charge in [-0.2, -0.15) is 0 Å². The zero-order chi connectivity index (χ0) is 21.9. The Morgan fingerprint density at radius 2 is 1.81 bits per heavy atom. The van der Waals surface area contributed by atoms with Crippen LogP contribution in [0.3, 0.4) is 0 Å². The number of carbonyl (C=O) groups excluding carboxylic acids is 2. The number of para-hydroxylation sites is 1. The number of amides is 2. The van der Waals surface area contributed by atoms with E-state index in [9.17, 15) is 9.59 Å². The van der Waals surface area contributed by atoms with E-state index in [2.05, 4.69) is 15.6 Å². The molecule has 2 amide bonds. The molecule has 1 heterocycles. The van der Waals surface area contributed by atoms with Gasteiger partial charge in [0, 0.05) is 30.1 Å². The van der Waals surface area contributed by atoms with Gasteiger partial charge in [0.05, 0.1) is 6.61 Å². The van der Waals surface area contributed by atoms with Crippen LogP contribution in [0.25, 0.3) is 10.9 Å². The van der Waals surface area contributed by atoms with E-state index < -0.39 is 12.1 Å². The summed E-state index contributed by atoms with van der Waals surface area (Å²) in [5.41, 5.74) is 8.56. The van der Waals surface area contributed by atoms with E-state index in [0.717, 1.165) is 34.9 Å². The van der Waals surface area contributed by atoms with Gasteiger partial charge < -0.3 is 26.1 Å². The Morgan fingerprint density at radius 3 is 2.61 bits per heavy atom. The lowest BCUT2D eigenvalue weighted by Crippen LogP contribution is -2.48. The standard InChI is InChI=1S/C24H30N4O3/c25-13-6-7-15-31-24(30)28-22(16-19-17-27-21-11-5-4-10-20(19)21)23(29)26-14-12-18-8-2-1-3-9-18/h1-5,8-11,17,22,27H,6-7,12-16,25H2,(H,26,29)(H,28,30)/t22-/m0/s1. The van der Waals surface area contributed by atoms with Crippen molar-refractivity contribution >= 4 is 22.9 Å². The van der Waals surface area contributed by atoms with Gasteiger partial charge in [-0.05, 0) is 43.0 Å². The molecule has 1 aromatic heterocycles. The minimum atomic E-state index is -0.739. The number of alkyl carbamates (subject to hydrolysis) is 1. The van der Waals surface area contributed by atoms with E-state index >= 15 is 0 Å². The molecule has 0 bridgehead atoms. The molecule has 164 valence electrons. The van der Waals surface area contributed by atoms with Gasteiger partial charge in [-0.25, -0.2) is 4.79 Å². The third-order valence-corrected chi connectivity index (χ3v) is 5.09. The Morgan fingerprint density at radius 1 is 1.03 bits per heavy atom. The Hall–Kier alpha value is -3.32. The molecule has 7 nitrogen and oxygen atoms in total. The van der Waals surface area contributed by atoms with Crippen molar-refractivity contribution in [1.29, 1.82) is 0 Å². The number of rotatable bonds is 11. The maximum Gasteiger partial charge on any atom is 0.407 e. The quantitative estimate of drug-likeness (QED) is 0.356. The molecule has 2 aromatic carbocycles. The third-order valence-electron chi connectivity index (χ3n) is 5.09. The fourth-order valence-corrected chi connectivity index (χ4v) is 3.42. The van der Waals surface area contributed by atoms with E-state index in [1.807, 2.05) is 60.8 Å². The molecule has 31 heavy (non-hydrogen) atoms. The fraction of sp³-hybridized carbons (Fsp3) is 0.333. The molecular weight excluding hydrogens is 392 g/mol. The van der Waals surface area contributed by atoms with Crippen LogP contribution in [0.5, 0.6) is 0 Å². The van der Waals surface area contributed by atoms with Crippen molar-refractivity contribution in [1.82, 2.24) is 15.6 Å². The van der Waals surface area contributed by atoms with Gasteiger partial charge in [0.1, 0.15) is 6.04 Å². The summed E-state index contributed by atoms with van der Waals surface area (Å²) < 4.78 is 5.21. The second-order valence-electron chi connectivity index (χ2n) is 7.42. The smallest absolute Gasteiger partial charge is 0.407 e. The number of aromatic amines is 1. The summed E-state index contributed by atoms with van der Waals surface area (Å²) in [7, 11) is 0. The van der Waals surface area contributed by atoms with Crippen molar-refractivity contribution in [3.63, 3.8) is 0 Å². The predicted octanol–water partition coefficient (Wildman–Crippen LogP) is 2.90. The molecule has 3 aromatic rings. The molecule has 5 N–H and O–H groups in total. The average molecular weight is 423 g/mol. The highest BCUT2D eigenvalue weighted by atomic mass is 16.5. The molecule has 3 rings (SSSR count). The predicted molar refractivity (Wildman–Crippen MR) is 122 cm³/mol. The molecule has 0 fully saturated rings. The van der Waals surface area contributed by atoms with Crippen LogP contribution >= 0.6 is 0 Å². The van der Waals surface area contributed by atoms with Crippen molar-refractivity contribution in [2.45, 2.75) is 31.7 Å². The van der Waals surface area contributed by atoms with Gasteiger partial charge in [0.15, 0.2) is 0 Å². The maximum atomic E-state index is 12.9. The molecule has 0 aliphatic carbocycles. The number of carbonyl (C=O) groups is 2. The monoisotopic (exact) mass is 422 g/mol. The number of nitrogens with one attached hydrogen (secondary N) is 3. The average Bonchev–Trinajstić information content (AvgIpc) is 3.20. The van der Waals surface area contributed by atoms with Gasteiger partial charge in [0.2, 0.25) is 5.91 Å². The maximum absolute atomic E-state index is 12.9. The van der Waals surface area contributed by atoms with Crippen LogP contribution in [-0.4, -0.2) is 42.7 Å². The number of fused-ring (bicyclic) bond motifs is 1. The molecule has 0 spiro atoms. The van der Waals surface area contributed by atoms with Crippen LogP contribution in [0.2, 0.25) is 0 Å². The van der Waals surface area contributed by atoms with E-state index in [-0.39, 0.29) is 12.5 Å². The molecular formula is C24H30N4O3. The van der Waals surface area contributed by atoms with Crippen molar-refractivity contribution in [2.24, 2.45) is 5.73 Å². The van der Waals surface area contributed by atoms with Crippen molar-refractivity contribution in [2.75, 3.05) is 19.7 Å². The topological polar surface area (TPSA) is 109 Å². The van der Waals surface area contributed by atoms with Gasteiger partial charge in [-0.15, -0.1) is 0 Å². The van der Waals surface area contributed by atoms with Crippen molar-refractivity contribution in [3.8, 4) is 0 Å². The van der Waals surface area contributed by atoms with Crippen LogP contribution in [0.15, 0.2) is 60.8 Å². The lowest BCUT2D eigenvalue weighted by atomic mass is 10.0. The number of unbranched alkanes of at least 4 members (excludes halogenated alkanes) is 1. The lowest BCUT2D eigenvalue weighted by molar-refractivity contribution is -0.123. The van der Waals surface area contributed by atoms with Crippen LogP contribution in [0.4, 0.5) is 4.79 Å². The zero-order valence-electron chi connectivity index (χ0n) is 17.6. The molecule has 0 aliphatic heterocycles. The highest BCUT2D eigenvalue weighted by molar-refractivity contribution is 5.88. The largest absolute Gasteiger partial charge is 0.450 e. The highest BCUT2D eigenvalue weighted by Crippen LogP contribution is 2.19. The minimum Gasteiger partial charge on any atom is -0.450 e. The molecule has 0 radical (unpaired) electrons. The molecule has 1 atom stereocenters. The third kappa shape index (κ3) is 6.86. The van der Waals surface area contributed by atoms with Crippen LogP contribution < -0.4 is 16.4 Å². The first-order valence-electron chi connectivity index (χ1n) is 10.7. The van der Waals surface area contributed by atoms with Crippen LogP contribution in [-0.2, 0) is 22.4 Å². The van der Waals surface area contributed by atoms with Crippen molar-refractivity contribution < 1.29 is 14.3 Å². The number of ether oxygens (including phenoxy) is 1. The highest BCUT2D eigenvalue weighted by Gasteiger charge is 2.23. The molecule has 0 unspecified atom stereocenters. The molecule has 0 saturated carbocycles. The van der Waals surface area contributed by atoms with Gasteiger partial charge in [0.25, 0.3) is 0 Å². The minimum absolute atomic E-state index is 0.236. The number of nitrogens with two attached hydrogens (primary N) is 1. The number of H-pyrrole nitrogens is 1. The SMILES string of the molecule is NCCCCOC(=O)N[C@@H](Cc1c[nH]c2ccccc12)C(=O)NCCc1ccccc1. The van der Waals surface area contributed by atoms with E-state index in [1.165, 1.54) is 0 Å². The second-order valence-corrected chi connectivity index (χ2v) is 7.42. The number of hydrogen-bond acceptors (Lipinski definition) is 4. The summed E-state index contributed by atoms with van der Waals surface area (Å²) in [4.78, 5) is 28.4. The second kappa shape index (κ2) is 11.8. The fourth-order valence-electron chi connectivity index (χ4n) is 3.42. The van der Waals surface area contributed by atoms with Gasteiger partial charge in [-0.1, -0.05) is 48.5 Å². The first-order chi connectivity index (χ1) is 15.2. The number of aromatic nitrogens is 1. The summed E-state index contributed by atoms with van der Waals surface area (Å²) in [6, 6.07) is 17.1. The zero-order valence-corrected chi connectivity index (χ0v) is 17.6. The molecule has 7 heteroatoms. The van der Waals surface area contributed by atoms with Crippen LogP contribution in [0, 0.1) is 0 Å². The Bertz CT molecular complexity index is 971. The summed E-state index contributed by atoms with van der Waals surface area (Å²) in [5, 5.41) is 6.69. The van der Waals surface area contributed by atoms with E-state index in [4.69, 9.17) is 10.5 Å².